The number of oxime groups is 1. The van der Waals surface area contributed by atoms with Crippen molar-refractivity contribution in [1.29, 1.82) is 0 Å². The number of amides is 2. The van der Waals surface area contributed by atoms with Crippen molar-refractivity contribution in [3.8, 4) is 0 Å². The quantitative estimate of drug-likeness (QED) is 0.139. The summed E-state index contributed by atoms with van der Waals surface area (Å²) in [5, 5.41) is 32.9. The monoisotopic (exact) mass is 499 g/mol. The second-order valence-corrected chi connectivity index (χ2v) is 8.95. The van der Waals surface area contributed by atoms with E-state index in [0.717, 1.165) is 21.8 Å². The van der Waals surface area contributed by atoms with Crippen LogP contribution in [0.3, 0.4) is 0 Å². The van der Waals surface area contributed by atoms with Crippen LogP contribution in [0.2, 0.25) is 0 Å². The van der Waals surface area contributed by atoms with E-state index in [1.807, 2.05) is 0 Å². The SMILES string of the molecule is Nc1nc(/C(=N/O)C(=O)N[C@@H]2C(=O)N3C(C(=O)O)=C(/C=C/C=C/c4ccnnc4)CS[C@H]23)cs1. The molecule has 0 bridgehead atoms. The fraction of sp³-hybridized carbons (Fsp3) is 0.150. The number of β-lactam (4-membered cyclic amide) rings is 1. The Morgan fingerprint density at radius 1 is 1.29 bits per heavy atom. The summed E-state index contributed by atoms with van der Waals surface area (Å²) in [5.41, 5.74) is 6.36. The number of hydrogen-bond donors (Lipinski definition) is 4. The van der Waals surface area contributed by atoms with E-state index in [1.54, 1.807) is 42.8 Å². The molecule has 2 amide bonds. The lowest BCUT2D eigenvalue weighted by molar-refractivity contribution is -0.150. The number of anilines is 1. The van der Waals surface area contributed by atoms with Crippen molar-refractivity contribution >= 4 is 57.8 Å². The first-order chi connectivity index (χ1) is 16.4. The minimum Gasteiger partial charge on any atom is -0.477 e. The molecule has 2 aliphatic heterocycles. The number of rotatable bonds is 7. The highest BCUT2D eigenvalue weighted by Crippen LogP contribution is 2.40. The van der Waals surface area contributed by atoms with Gasteiger partial charge >= 0.3 is 5.97 Å². The number of nitrogens with two attached hydrogens (primary N) is 1. The number of allylic oxidation sites excluding steroid dienone is 3. The van der Waals surface area contributed by atoms with E-state index >= 15 is 0 Å². The van der Waals surface area contributed by atoms with Gasteiger partial charge in [-0.1, -0.05) is 29.5 Å². The third-order valence-corrected chi connectivity index (χ3v) is 6.85. The summed E-state index contributed by atoms with van der Waals surface area (Å²) in [4.78, 5) is 42.3. The van der Waals surface area contributed by atoms with Gasteiger partial charge in [-0.15, -0.1) is 23.1 Å². The Hall–Kier alpha value is -4.04. The number of nitrogens with one attached hydrogen (secondary N) is 1. The van der Waals surface area contributed by atoms with Crippen LogP contribution >= 0.6 is 23.1 Å². The van der Waals surface area contributed by atoms with E-state index in [-0.39, 0.29) is 16.5 Å². The zero-order chi connectivity index (χ0) is 24.2. The van der Waals surface area contributed by atoms with E-state index in [0.29, 0.717) is 11.3 Å². The summed E-state index contributed by atoms with van der Waals surface area (Å²) in [6, 6.07) is 0.785. The Labute approximate surface area is 200 Å². The topological polar surface area (TPSA) is 184 Å². The molecule has 0 spiro atoms. The largest absolute Gasteiger partial charge is 0.477 e. The zero-order valence-electron chi connectivity index (χ0n) is 17.2. The Kier molecular flexibility index (Phi) is 6.70. The van der Waals surface area contributed by atoms with Crippen LogP contribution in [0.15, 0.2) is 58.5 Å². The van der Waals surface area contributed by atoms with E-state index in [2.05, 4.69) is 25.7 Å². The number of hydrogen-bond acceptors (Lipinski definition) is 11. The highest BCUT2D eigenvalue weighted by molar-refractivity contribution is 8.00. The molecule has 0 aliphatic carbocycles. The number of carboxylic acids is 1. The van der Waals surface area contributed by atoms with E-state index in [9.17, 15) is 24.7 Å². The van der Waals surface area contributed by atoms with Crippen molar-refractivity contribution in [2.24, 2.45) is 5.16 Å². The molecule has 14 heteroatoms. The van der Waals surface area contributed by atoms with Gasteiger partial charge in [0.1, 0.15) is 22.8 Å². The Balaban J connectivity index is 1.48. The average molecular weight is 500 g/mol. The van der Waals surface area contributed by atoms with Crippen molar-refractivity contribution in [1.82, 2.24) is 25.4 Å². The first-order valence-corrected chi connectivity index (χ1v) is 11.6. The number of nitrogens with zero attached hydrogens (tertiary/aromatic N) is 5. The third-order valence-electron chi connectivity index (χ3n) is 4.87. The Bertz CT molecular complexity index is 1260. The predicted octanol–water partition coefficient (Wildman–Crippen LogP) is 0.702. The van der Waals surface area contributed by atoms with Crippen LogP contribution in [-0.4, -0.2) is 71.1 Å². The number of fused-ring (bicyclic) bond motifs is 1. The van der Waals surface area contributed by atoms with Crippen LogP contribution in [0.25, 0.3) is 6.08 Å². The van der Waals surface area contributed by atoms with E-state index in [4.69, 9.17) is 5.73 Å². The molecule has 2 aliphatic rings. The molecule has 1 saturated heterocycles. The molecule has 12 nitrogen and oxygen atoms in total. The molecule has 0 radical (unpaired) electrons. The summed E-state index contributed by atoms with van der Waals surface area (Å²) in [6.45, 7) is 0. The number of carboxylic acid groups (broad SMARTS) is 1. The van der Waals surface area contributed by atoms with Gasteiger partial charge in [0, 0.05) is 11.1 Å². The third kappa shape index (κ3) is 4.53. The van der Waals surface area contributed by atoms with Crippen molar-refractivity contribution < 1.29 is 24.7 Å². The van der Waals surface area contributed by atoms with Crippen LogP contribution in [0.1, 0.15) is 11.3 Å². The normalized spacial score (nSPS) is 20.5. The number of carbonyl (C=O) groups is 3. The minimum atomic E-state index is -1.25. The first kappa shape index (κ1) is 23.1. The summed E-state index contributed by atoms with van der Waals surface area (Å²) in [7, 11) is 0. The van der Waals surface area contributed by atoms with Gasteiger partial charge in [-0.3, -0.25) is 14.5 Å². The molecule has 5 N–H and O–H groups in total. The first-order valence-electron chi connectivity index (χ1n) is 9.67. The van der Waals surface area contributed by atoms with Crippen LogP contribution in [0, 0.1) is 0 Å². The molecule has 34 heavy (non-hydrogen) atoms. The molecule has 0 aromatic carbocycles. The van der Waals surface area contributed by atoms with Gasteiger partial charge < -0.3 is 21.4 Å². The number of aliphatic carboxylic acids is 1. The van der Waals surface area contributed by atoms with Crippen LogP contribution in [-0.2, 0) is 14.4 Å². The number of thiazole rings is 1. The lowest BCUT2D eigenvalue weighted by Crippen LogP contribution is -2.71. The highest BCUT2D eigenvalue weighted by atomic mass is 32.2. The number of aromatic nitrogens is 3. The molecule has 0 saturated carbocycles. The molecule has 2 atom stereocenters. The van der Waals surface area contributed by atoms with E-state index in [1.165, 1.54) is 17.1 Å². The van der Waals surface area contributed by atoms with Crippen molar-refractivity contribution in [3.05, 3.63) is 64.6 Å². The second kappa shape index (κ2) is 9.84. The minimum absolute atomic E-state index is 0.0663. The van der Waals surface area contributed by atoms with Crippen LogP contribution in [0.4, 0.5) is 5.13 Å². The summed E-state index contributed by atoms with van der Waals surface area (Å²) in [5.74, 6) is -2.34. The van der Waals surface area contributed by atoms with E-state index < -0.39 is 34.9 Å². The van der Waals surface area contributed by atoms with Gasteiger partial charge in [-0.2, -0.15) is 10.2 Å². The second-order valence-electron chi connectivity index (χ2n) is 6.95. The van der Waals surface area contributed by atoms with Gasteiger partial charge in [0.15, 0.2) is 10.8 Å². The standard InChI is InChI=1S/C20H17N7O5S2/c21-20-24-12(9-34-20)13(26-32)16(28)25-14-17(29)27-15(19(30)31)11(8-33-18(14)27)4-2-1-3-10-5-6-22-23-7-10/h1-7,9,14,18,32H,8H2,(H2,21,24)(H,25,28)(H,30,31)/b3-1+,4-2+,26-13-/t14-,18-/m1/s1. The average Bonchev–Trinajstić information content (AvgIpc) is 3.26. The van der Waals surface area contributed by atoms with Gasteiger partial charge in [0.2, 0.25) is 0 Å². The molecule has 1 fully saturated rings. The Morgan fingerprint density at radius 3 is 2.74 bits per heavy atom. The van der Waals surface area contributed by atoms with Crippen LogP contribution in [0.5, 0.6) is 0 Å². The maximum atomic E-state index is 12.8. The molecule has 174 valence electrons. The summed E-state index contributed by atoms with van der Waals surface area (Å²) >= 11 is 2.37. The zero-order valence-corrected chi connectivity index (χ0v) is 18.9. The van der Waals surface area contributed by atoms with Gasteiger partial charge in [0.25, 0.3) is 11.8 Å². The van der Waals surface area contributed by atoms with Gasteiger partial charge in [-0.25, -0.2) is 9.78 Å². The fourth-order valence-corrected chi connectivity index (χ4v) is 5.19. The number of carbonyl (C=O) groups excluding carboxylic acids is 2. The molecule has 4 heterocycles. The highest BCUT2D eigenvalue weighted by Gasteiger charge is 2.54. The molecular weight excluding hydrogens is 482 g/mol. The fourth-order valence-electron chi connectivity index (χ4n) is 3.33. The summed E-state index contributed by atoms with van der Waals surface area (Å²) < 4.78 is 0. The smallest absolute Gasteiger partial charge is 0.352 e. The lowest BCUT2D eigenvalue weighted by atomic mass is 10.0. The van der Waals surface area contributed by atoms with Crippen molar-refractivity contribution in [3.63, 3.8) is 0 Å². The molecule has 2 aromatic heterocycles. The molecule has 4 rings (SSSR count). The predicted molar refractivity (Wildman–Crippen MR) is 125 cm³/mol. The van der Waals surface area contributed by atoms with Crippen molar-refractivity contribution in [2.75, 3.05) is 11.5 Å². The maximum absolute atomic E-state index is 12.8. The number of nitrogen functional groups attached to an aromatic ring is 1. The maximum Gasteiger partial charge on any atom is 0.352 e. The van der Waals surface area contributed by atoms with Gasteiger partial charge in [-0.05, 0) is 17.2 Å². The number of thioether (sulfide) groups is 1. The van der Waals surface area contributed by atoms with Crippen LogP contribution < -0.4 is 11.1 Å². The molecule has 0 unspecified atom stereocenters. The summed E-state index contributed by atoms with van der Waals surface area (Å²) in [6.07, 6.45) is 9.94. The van der Waals surface area contributed by atoms with Crippen molar-refractivity contribution in [2.45, 2.75) is 11.4 Å². The Morgan fingerprint density at radius 2 is 2.09 bits per heavy atom. The molecule has 2 aromatic rings. The lowest BCUT2D eigenvalue weighted by Gasteiger charge is -2.49. The van der Waals surface area contributed by atoms with Gasteiger partial charge in [0.05, 0.1) is 12.4 Å². The molecular formula is C20H17N7O5S2.